The Labute approximate surface area is 134 Å². The Hall–Kier alpha value is -2.35. The molecule has 0 saturated carbocycles. The molecule has 0 spiro atoms. The molecule has 8 heteroatoms. The predicted molar refractivity (Wildman–Crippen MR) is 83.9 cm³/mol. The van der Waals surface area contributed by atoms with E-state index < -0.39 is 10.8 Å². The Bertz CT molecular complexity index is 634. The van der Waals surface area contributed by atoms with Crippen molar-refractivity contribution in [2.45, 2.75) is 13.3 Å². The first kappa shape index (κ1) is 17.0. The minimum Gasteiger partial charge on any atom is -0.493 e. The second kappa shape index (κ2) is 6.41. The van der Waals surface area contributed by atoms with Gasteiger partial charge in [0.25, 0.3) is 11.6 Å². The predicted octanol–water partition coefficient (Wildman–Crippen LogP) is 1.42. The van der Waals surface area contributed by atoms with Gasteiger partial charge in [-0.2, -0.15) is 0 Å². The molecule has 1 aromatic rings. The average molecular weight is 323 g/mol. The highest BCUT2D eigenvalue weighted by Crippen LogP contribution is 2.36. The molecule has 8 nitrogen and oxygen atoms in total. The van der Waals surface area contributed by atoms with Gasteiger partial charge >= 0.3 is 0 Å². The summed E-state index contributed by atoms with van der Waals surface area (Å²) in [6.07, 6.45) is 0.774. The highest BCUT2D eigenvalue weighted by Gasteiger charge is 2.37. The summed E-state index contributed by atoms with van der Waals surface area (Å²) in [6.45, 7) is 3.47. The lowest BCUT2D eigenvalue weighted by atomic mass is 9.90. The number of hydrogen-bond donors (Lipinski definition) is 1. The van der Waals surface area contributed by atoms with Gasteiger partial charge in [0.2, 0.25) is 0 Å². The summed E-state index contributed by atoms with van der Waals surface area (Å²) in [5.74, 6) is 0.0982. The van der Waals surface area contributed by atoms with Crippen LogP contribution in [0.1, 0.15) is 23.7 Å². The zero-order valence-electron chi connectivity index (χ0n) is 13.5. The highest BCUT2D eigenvalue weighted by atomic mass is 16.6. The summed E-state index contributed by atoms with van der Waals surface area (Å²) in [5, 5.41) is 11.3. The zero-order valence-corrected chi connectivity index (χ0v) is 13.5. The molecule has 0 radical (unpaired) electrons. The van der Waals surface area contributed by atoms with Gasteiger partial charge in [-0.1, -0.05) is 6.92 Å². The van der Waals surface area contributed by atoms with E-state index in [2.05, 4.69) is 0 Å². The van der Waals surface area contributed by atoms with Crippen LogP contribution in [0, 0.1) is 15.5 Å². The van der Waals surface area contributed by atoms with Crippen molar-refractivity contribution in [2.75, 3.05) is 33.9 Å². The number of amides is 1. The van der Waals surface area contributed by atoms with Gasteiger partial charge in [-0.05, 0) is 18.4 Å². The first-order valence-corrected chi connectivity index (χ1v) is 7.25. The molecule has 1 unspecified atom stereocenters. The fourth-order valence-corrected chi connectivity index (χ4v) is 2.72. The van der Waals surface area contributed by atoms with E-state index >= 15 is 0 Å². The third-order valence-electron chi connectivity index (χ3n) is 4.27. The fraction of sp³-hybridized carbons (Fsp3) is 0.533. The summed E-state index contributed by atoms with van der Waals surface area (Å²) in [4.78, 5) is 25.0. The molecular formula is C15H21N3O5. The molecule has 0 aliphatic carbocycles. The number of methoxy groups -OCH3 is 2. The molecule has 1 fully saturated rings. The highest BCUT2D eigenvalue weighted by molar-refractivity contribution is 5.99. The van der Waals surface area contributed by atoms with Crippen molar-refractivity contribution < 1.29 is 19.2 Å². The molecule has 1 atom stereocenters. The van der Waals surface area contributed by atoms with Gasteiger partial charge in [0.15, 0.2) is 11.5 Å². The average Bonchev–Trinajstić information content (AvgIpc) is 2.95. The quantitative estimate of drug-likeness (QED) is 0.648. The minimum atomic E-state index is -0.590. The third-order valence-corrected chi connectivity index (χ3v) is 4.27. The second-order valence-corrected chi connectivity index (χ2v) is 5.97. The van der Waals surface area contributed by atoms with Gasteiger partial charge in [0.05, 0.1) is 25.2 Å². The van der Waals surface area contributed by atoms with E-state index in [0.29, 0.717) is 19.6 Å². The molecular weight excluding hydrogens is 302 g/mol. The van der Waals surface area contributed by atoms with Gasteiger partial charge in [0, 0.05) is 19.2 Å². The van der Waals surface area contributed by atoms with Gasteiger partial charge < -0.3 is 20.1 Å². The number of nitro groups is 1. The first-order valence-electron chi connectivity index (χ1n) is 7.25. The Morgan fingerprint density at radius 2 is 2.00 bits per heavy atom. The van der Waals surface area contributed by atoms with Crippen molar-refractivity contribution in [1.82, 2.24) is 4.90 Å². The molecule has 1 heterocycles. The Morgan fingerprint density at radius 1 is 1.39 bits per heavy atom. The number of ether oxygens (including phenoxy) is 2. The molecule has 2 rings (SSSR count). The Morgan fingerprint density at radius 3 is 2.48 bits per heavy atom. The van der Waals surface area contributed by atoms with Crippen LogP contribution in [0.5, 0.6) is 11.5 Å². The maximum absolute atomic E-state index is 12.7. The van der Waals surface area contributed by atoms with E-state index in [1.54, 1.807) is 4.90 Å². The number of carbonyl (C=O) groups excluding carboxylic acids is 1. The lowest BCUT2D eigenvalue weighted by Gasteiger charge is -2.22. The van der Waals surface area contributed by atoms with E-state index in [0.717, 1.165) is 6.42 Å². The number of carbonyl (C=O) groups is 1. The molecule has 1 amide bonds. The number of rotatable bonds is 5. The van der Waals surface area contributed by atoms with E-state index in [-0.39, 0.29) is 28.2 Å². The standard InChI is InChI=1S/C15H21N3O5/c1-15(8-16)4-5-17(9-15)14(19)10-6-12(22-2)13(23-3)7-11(10)18(20)21/h6-7H,4-5,8-9,16H2,1-3H3. The van der Waals surface area contributed by atoms with Crippen LogP contribution >= 0.6 is 0 Å². The number of likely N-dealkylation sites (tertiary alicyclic amines) is 1. The molecule has 0 bridgehead atoms. The maximum Gasteiger partial charge on any atom is 0.286 e. The first-order chi connectivity index (χ1) is 10.8. The molecule has 2 N–H and O–H groups in total. The molecule has 0 aromatic heterocycles. The van der Waals surface area contributed by atoms with Crippen LogP contribution in [0.3, 0.4) is 0 Å². The lowest BCUT2D eigenvalue weighted by molar-refractivity contribution is -0.385. The van der Waals surface area contributed by atoms with Crippen LogP contribution in [-0.4, -0.2) is 49.6 Å². The summed E-state index contributed by atoms with van der Waals surface area (Å²) in [6, 6.07) is 2.57. The normalized spacial score (nSPS) is 20.4. The van der Waals surface area contributed by atoms with Crippen molar-refractivity contribution >= 4 is 11.6 Å². The number of nitrogens with two attached hydrogens (primary N) is 1. The monoisotopic (exact) mass is 323 g/mol. The Balaban J connectivity index is 2.41. The minimum absolute atomic E-state index is 0.00563. The van der Waals surface area contributed by atoms with Crippen LogP contribution in [-0.2, 0) is 0 Å². The number of hydrogen-bond acceptors (Lipinski definition) is 6. The summed E-state index contributed by atoms with van der Waals surface area (Å²) < 4.78 is 10.2. The second-order valence-electron chi connectivity index (χ2n) is 5.97. The molecule has 1 aliphatic rings. The zero-order chi connectivity index (χ0) is 17.2. The topological polar surface area (TPSA) is 108 Å². The molecule has 1 aliphatic heterocycles. The molecule has 1 aromatic carbocycles. The fourth-order valence-electron chi connectivity index (χ4n) is 2.72. The van der Waals surface area contributed by atoms with E-state index in [1.165, 1.54) is 26.4 Å². The van der Waals surface area contributed by atoms with Crippen molar-refractivity contribution in [3.63, 3.8) is 0 Å². The van der Waals surface area contributed by atoms with Crippen LogP contribution < -0.4 is 15.2 Å². The lowest BCUT2D eigenvalue weighted by Crippen LogP contribution is -2.34. The summed E-state index contributed by atoms with van der Waals surface area (Å²) in [7, 11) is 2.80. The Kier molecular flexibility index (Phi) is 4.74. The third kappa shape index (κ3) is 3.21. The van der Waals surface area contributed by atoms with Crippen molar-refractivity contribution in [3.05, 3.63) is 27.8 Å². The maximum atomic E-state index is 12.7. The SMILES string of the molecule is COc1cc(C(=O)N2CCC(C)(CN)C2)c([N+](=O)[O-])cc1OC. The summed E-state index contributed by atoms with van der Waals surface area (Å²) >= 11 is 0. The summed E-state index contributed by atoms with van der Waals surface area (Å²) in [5.41, 5.74) is 5.29. The van der Waals surface area contributed by atoms with Crippen molar-refractivity contribution in [2.24, 2.45) is 11.1 Å². The van der Waals surface area contributed by atoms with Crippen molar-refractivity contribution in [3.8, 4) is 11.5 Å². The van der Waals surface area contributed by atoms with Gasteiger partial charge in [0.1, 0.15) is 5.56 Å². The largest absolute Gasteiger partial charge is 0.493 e. The smallest absolute Gasteiger partial charge is 0.286 e. The number of nitrogens with zero attached hydrogens (tertiary/aromatic N) is 2. The van der Waals surface area contributed by atoms with E-state index in [9.17, 15) is 14.9 Å². The van der Waals surface area contributed by atoms with E-state index in [4.69, 9.17) is 15.2 Å². The van der Waals surface area contributed by atoms with Crippen LogP contribution in [0.4, 0.5) is 5.69 Å². The number of nitro benzene ring substituents is 1. The van der Waals surface area contributed by atoms with E-state index in [1.807, 2.05) is 6.92 Å². The van der Waals surface area contributed by atoms with Crippen molar-refractivity contribution in [1.29, 1.82) is 0 Å². The van der Waals surface area contributed by atoms with Crippen LogP contribution in [0.15, 0.2) is 12.1 Å². The molecule has 23 heavy (non-hydrogen) atoms. The molecule has 126 valence electrons. The van der Waals surface area contributed by atoms with Gasteiger partial charge in [-0.15, -0.1) is 0 Å². The van der Waals surface area contributed by atoms with Gasteiger partial charge in [-0.3, -0.25) is 14.9 Å². The van der Waals surface area contributed by atoms with Crippen LogP contribution in [0.25, 0.3) is 0 Å². The molecule has 1 saturated heterocycles. The van der Waals surface area contributed by atoms with Crippen LogP contribution in [0.2, 0.25) is 0 Å². The van der Waals surface area contributed by atoms with Gasteiger partial charge in [-0.25, -0.2) is 0 Å². The number of benzene rings is 1.